The zero-order valence-electron chi connectivity index (χ0n) is 11.6. The van der Waals surface area contributed by atoms with E-state index in [2.05, 4.69) is 10.4 Å². The molecule has 2 rings (SSSR count). The number of amides is 1. The number of aromatic nitrogens is 2. The summed E-state index contributed by atoms with van der Waals surface area (Å²) in [5.41, 5.74) is 7.23. The zero-order chi connectivity index (χ0) is 15.2. The number of rotatable bonds is 5. The second-order valence-corrected chi connectivity index (χ2v) is 4.30. The Labute approximate surface area is 121 Å². The number of nitrogens with two attached hydrogens (primary N) is 1. The van der Waals surface area contributed by atoms with Crippen LogP contribution in [0.4, 0.5) is 5.69 Å². The first kappa shape index (κ1) is 14.6. The molecule has 0 radical (unpaired) electrons. The second-order valence-electron chi connectivity index (χ2n) is 4.30. The molecule has 1 aromatic heterocycles. The topological polar surface area (TPSA) is 99.2 Å². The van der Waals surface area contributed by atoms with E-state index in [9.17, 15) is 9.59 Å². The van der Waals surface area contributed by atoms with Crippen molar-refractivity contribution < 1.29 is 14.3 Å². The maximum atomic E-state index is 11.8. The highest BCUT2D eigenvalue weighted by atomic mass is 16.5. The van der Waals surface area contributed by atoms with Crippen molar-refractivity contribution in [3.8, 4) is 5.69 Å². The molecule has 1 amide bonds. The van der Waals surface area contributed by atoms with Crippen LogP contribution in [0, 0.1) is 0 Å². The third-order valence-electron chi connectivity index (χ3n) is 2.80. The first-order valence-electron chi connectivity index (χ1n) is 6.39. The lowest BCUT2D eigenvalue weighted by atomic mass is 10.3. The number of nitrogen functional groups attached to an aromatic ring is 1. The number of hydrogen-bond donors (Lipinski definition) is 2. The van der Waals surface area contributed by atoms with Crippen LogP contribution in [-0.2, 0) is 9.53 Å². The van der Waals surface area contributed by atoms with Gasteiger partial charge in [-0.25, -0.2) is 9.48 Å². The summed E-state index contributed by atoms with van der Waals surface area (Å²) in [4.78, 5) is 22.8. The summed E-state index contributed by atoms with van der Waals surface area (Å²) in [5.74, 6) is -0.747. The van der Waals surface area contributed by atoms with Gasteiger partial charge in [-0.15, -0.1) is 0 Å². The van der Waals surface area contributed by atoms with Crippen molar-refractivity contribution in [2.24, 2.45) is 0 Å². The van der Waals surface area contributed by atoms with Crippen LogP contribution in [0.15, 0.2) is 36.5 Å². The Morgan fingerprint density at radius 2 is 2.00 bits per heavy atom. The van der Waals surface area contributed by atoms with E-state index in [1.807, 2.05) is 0 Å². The molecule has 0 saturated heterocycles. The maximum absolute atomic E-state index is 11.8. The Morgan fingerprint density at radius 3 is 2.67 bits per heavy atom. The van der Waals surface area contributed by atoms with Crippen molar-refractivity contribution in [1.29, 1.82) is 0 Å². The van der Waals surface area contributed by atoms with Gasteiger partial charge in [0.25, 0.3) is 0 Å². The smallest absolute Gasteiger partial charge is 0.358 e. The molecule has 1 aromatic carbocycles. The van der Waals surface area contributed by atoms with Crippen molar-refractivity contribution in [2.75, 3.05) is 19.4 Å². The van der Waals surface area contributed by atoms with Gasteiger partial charge in [-0.3, -0.25) is 4.79 Å². The highest BCUT2D eigenvalue weighted by Crippen LogP contribution is 2.11. The first-order chi connectivity index (χ1) is 10.1. The van der Waals surface area contributed by atoms with Gasteiger partial charge < -0.3 is 15.8 Å². The third-order valence-corrected chi connectivity index (χ3v) is 2.80. The fourth-order valence-electron chi connectivity index (χ4n) is 1.64. The minimum atomic E-state index is -0.562. The van der Waals surface area contributed by atoms with Crippen LogP contribution < -0.4 is 11.1 Å². The summed E-state index contributed by atoms with van der Waals surface area (Å²) < 4.78 is 6.52. The molecule has 7 heteroatoms. The normalized spacial score (nSPS) is 10.1. The van der Waals surface area contributed by atoms with Gasteiger partial charge in [0.1, 0.15) is 6.61 Å². The van der Waals surface area contributed by atoms with Crippen LogP contribution in [0.5, 0.6) is 0 Å². The Morgan fingerprint density at radius 1 is 1.29 bits per heavy atom. The fourth-order valence-corrected chi connectivity index (χ4v) is 1.64. The van der Waals surface area contributed by atoms with Gasteiger partial charge in [0.2, 0.25) is 5.91 Å². The van der Waals surface area contributed by atoms with Gasteiger partial charge >= 0.3 is 5.97 Å². The number of ether oxygens (including phenoxy) is 1. The standard InChI is InChI=1S/C14H16N4O3/c1-16-13(19)7-9-21-14(20)12-6-8-18(17-12)11-4-2-10(15)3-5-11/h2-6,8H,7,9,15H2,1H3,(H,16,19). The molecule has 3 N–H and O–H groups in total. The van der Waals surface area contributed by atoms with Crippen LogP contribution in [-0.4, -0.2) is 35.3 Å². The molecule has 0 aliphatic carbocycles. The van der Waals surface area contributed by atoms with Gasteiger partial charge in [-0.1, -0.05) is 0 Å². The number of nitrogens with one attached hydrogen (secondary N) is 1. The largest absolute Gasteiger partial charge is 0.460 e. The molecular weight excluding hydrogens is 272 g/mol. The first-order valence-corrected chi connectivity index (χ1v) is 6.39. The van der Waals surface area contributed by atoms with Crippen LogP contribution in [0.2, 0.25) is 0 Å². The van der Waals surface area contributed by atoms with Crippen LogP contribution in [0.3, 0.4) is 0 Å². The zero-order valence-corrected chi connectivity index (χ0v) is 11.6. The molecule has 0 atom stereocenters. The molecule has 110 valence electrons. The van der Waals surface area contributed by atoms with Gasteiger partial charge in [-0.2, -0.15) is 5.10 Å². The fraction of sp³-hybridized carbons (Fsp3) is 0.214. The molecule has 1 heterocycles. The Hall–Kier alpha value is -2.83. The number of esters is 1. The van der Waals surface area contributed by atoms with Gasteiger partial charge in [0, 0.05) is 18.9 Å². The Balaban J connectivity index is 1.97. The summed E-state index contributed by atoms with van der Waals surface area (Å²) in [6, 6.07) is 8.64. The third kappa shape index (κ3) is 3.82. The summed E-state index contributed by atoms with van der Waals surface area (Å²) in [5, 5.41) is 6.58. The van der Waals surface area contributed by atoms with Gasteiger partial charge in [0.15, 0.2) is 5.69 Å². The predicted octanol–water partition coefficient (Wildman–Crippen LogP) is 0.747. The second kappa shape index (κ2) is 6.56. The quantitative estimate of drug-likeness (QED) is 0.624. The van der Waals surface area contributed by atoms with E-state index in [1.165, 1.54) is 7.05 Å². The van der Waals surface area contributed by atoms with Crippen LogP contribution >= 0.6 is 0 Å². The maximum Gasteiger partial charge on any atom is 0.358 e. The van der Waals surface area contributed by atoms with Crippen molar-refractivity contribution in [2.45, 2.75) is 6.42 Å². The summed E-state index contributed by atoms with van der Waals surface area (Å²) in [6.45, 7) is 0.0211. The van der Waals surface area contributed by atoms with Crippen molar-refractivity contribution in [3.05, 3.63) is 42.2 Å². The van der Waals surface area contributed by atoms with Crippen molar-refractivity contribution in [3.63, 3.8) is 0 Å². The predicted molar refractivity (Wildman–Crippen MR) is 76.9 cm³/mol. The molecule has 21 heavy (non-hydrogen) atoms. The molecule has 0 aliphatic heterocycles. The number of anilines is 1. The monoisotopic (exact) mass is 288 g/mol. The van der Waals surface area contributed by atoms with E-state index < -0.39 is 5.97 Å². The van der Waals surface area contributed by atoms with Crippen LogP contribution in [0.1, 0.15) is 16.9 Å². The van der Waals surface area contributed by atoms with Gasteiger partial charge in [-0.05, 0) is 30.3 Å². The molecule has 7 nitrogen and oxygen atoms in total. The lowest BCUT2D eigenvalue weighted by Gasteiger charge is -2.03. The SMILES string of the molecule is CNC(=O)CCOC(=O)c1ccn(-c2ccc(N)cc2)n1. The summed E-state index contributed by atoms with van der Waals surface area (Å²) in [6.07, 6.45) is 1.78. The number of hydrogen-bond acceptors (Lipinski definition) is 5. The molecule has 0 unspecified atom stereocenters. The number of carbonyl (C=O) groups is 2. The minimum Gasteiger partial charge on any atom is -0.460 e. The molecule has 0 saturated carbocycles. The number of benzene rings is 1. The molecule has 0 aliphatic rings. The molecule has 0 bridgehead atoms. The Kier molecular flexibility index (Phi) is 4.55. The average molecular weight is 288 g/mol. The van der Waals surface area contributed by atoms with E-state index in [1.54, 1.807) is 41.2 Å². The van der Waals surface area contributed by atoms with Gasteiger partial charge in [0.05, 0.1) is 12.1 Å². The summed E-state index contributed by atoms with van der Waals surface area (Å²) >= 11 is 0. The highest BCUT2D eigenvalue weighted by Gasteiger charge is 2.12. The molecule has 0 fully saturated rings. The molecular formula is C14H16N4O3. The van der Waals surface area contributed by atoms with Crippen molar-refractivity contribution >= 4 is 17.6 Å². The van der Waals surface area contributed by atoms with Crippen molar-refractivity contribution in [1.82, 2.24) is 15.1 Å². The summed E-state index contributed by atoms with van der Waals surface area (Å²) in [7, 11) is 1.53. The Bertz CT molecular complexity index is 634. The average Bonchev–Trinajstić information content (AvgIpc) is 2.97. The lowest BCUT2D eigenvalue weighted by molar-refractivity contribution is -0.121. The highest BCUT2D eigenvalue weighted by molar-refractivity contribution is 5.87. The number of nitrogens with zero attached hydrogens (tertiary/aromatic N) is 2. The van der Waals surface area contributed by atoms with E-state index in [-0.39, 0.29) is 24.6 Å². The number of carbonyl (C=O) groups excluding carboxylic acids is 2. The lowest BCUT2D eigenvalue weighted by Crippen LogP contribution is -2.20. The van der Waals surface area contributed by atoms with E-state index in [0.717, 1.165) is 5.69 Å². The van der Waals surface area contributed by atoms with E-state index in [0.29, 0.717) is 5.69 Å². The minimum absolute atomic E-state index is 0.0211. The van der Waals surface area contributed by atoms with E-state index >= 15 is 0 Å². The van der Waals surface area contributed by atoms with Crippen LogP contribution in [0.25, 0.3) is 5.69 Å². The van der Waals surface area contributed by atoms with E-state index in [4.69, 9.17) is 10.5 Å². The molecule has 2 aromatic rings. The molecule has 0 spiro atoms.